The molecule has 12 aromatic rings. The molecule has 14 rings (SSSR count). The van der Waals surface area contributed by atoms with Crippen molar-refractivity contribution in [3.63, 3.8) is 0 Å². The number of pyridine rings is 2. The van der Waals surface area contributed by atoms with Gasteiger partial charge < -0.3 is 20.4 Å². The number of aromatic nitrogens is 2. The second kappa shape index (κ2) is 22.0. The van der Waals surface area contributed by atoms with Crippen LogP contribution in [-0.2, 0) is 0 Å². The molecule has 0 aliphatic carbocycles. The summed E-state index contributed by atoms with van der Waals surface area (Å²) in [6, 6.07) is 88.8. The first-order valence-corrected chi connectivity index (χ1v) is 27.7. The van der Waals surface area contributed by atoms with Crippen LogP contribution in [0.3, 0.4) is 0 Å². The summed E-state index contributed by atoms with van der Waals surface area (Å²) in [6.45, 7) is 0. The Morgan fingerprint density at radius 1 is 0.360 bits per heavy atom. The van der Waals surface area contributed by atoms with E-state index in [1.165, 1.54) is 0 Å². The molecule has 0 spiro atoms. The van der Waals surface area contributed by atoms with E-state index in [0.29, 0.717) is 45.6 Å². The molecule has 0 bridgehead atoms. The summed E-state index contributed by atoms with van der Waals surface area (Å²) in [4.78, 5) is 23.3. The third-order valence-electron chi connectivity index (χ3n) is 15.5. The number of para-hydroxylation sites is 2. The van der Waals surface area contributed by atoms with Crippen molar-refractivity contribution in [2.75, 3.05) is 20.4 Å². The van der Waals surface area contributed by atoms with Gasteiger partial charge in [0.15, 0.2) is 11.6 Å². The van der Waals surface area contributed by atoms with Crippen LogP contribution in [0, 0.1) is 45.3 Å². The number of nitrogens with one attached hydrogen (secondary N) is 2. The molecule has 12 heteroatoms. The Kier molecular flexibility index (Phi) is 13.1. The molecule has 2 aromatic heterocycles. The predicted molar refractivity (Wildman–Crippen MR) is 344 cm³/mol. The van der Waals surface area contributed by atoms with Gasteiger partial charge in [-0.25, -0.2) is 20.0 Å². The molecular weight excluding hydrogens is 1060 g/mol. The van der Waals surface area contributed by atoms with Crippen LogP contribution in [0.2, 0.25) is 0 Å². The number of allylic oxidation sites excluding steroid dienone is 2. The van der Waals surface area contributed by atoms with E-state index in [4.69, 9.17) is 9.98 Å². The van der Waals surface area contributed by atoms with Crippen molar-refractivity contribution in [3.8, 4) is 46.5 Å². The molecule has 2 aliphatic rings. The minimum atomic E-state index is 0.246. The highest BCUT2D eigenvalue weighted by molar-refractivity contribution is 6.27. The monoisotopic (exact) mass is 1100 g/mol. The lowest BCUT2D eigenvalue weighted by atomic mass is 9.95. The van der Waals surface area contributed by atoms with Crippen molar-refractivity contribution in [2.24, 2.45) is 9.98 Å². The van der Waals surface area contributed by atoms with Crippen LogP contribution in [-0.4, -0.2) is 21.6 Å². The Morgan fingerprint density at radius 3 is 1.07 bits per heavy atom. The number of aliphatic imine (C=N–C) groups is 2. The van der Waals surface area contributed by atoms with E-state index in [-0.39, 0.29) is 11.1 Å². The van der Waals surface area contributed by atoms with Gasteiger partial charge in [-0.2, -0.15) is 21.0 Å². The Bertz CT molecular complexity index is 4620. The Balaban J connectivity index is 0.710. The van der Waals surface area contributed by atoms with Crippen molar-refractivity contribution >= 4 is 101 Å². The van der Waals surface area contributed by atoms with Crippen molar-refractivity contribution in [3.05, 3.63) is 288 Å². The highest BCUT2D eigenvalue weighted by atomic mass is 15.1. The van der Waals surface area contributed by atoms with Crippen LogP contribution in [0.4, 0.5) is 57.1 Å². The average molecular weight is 1100 g/mol. The molecule has 2 N–H and O–H groups in total. The first kappa shape index (κ1) is 51.4. The van der Waals surface area contributed by atoms with Crippen LogP contribution < -0.4 is 20.4 Å². The molecule has 0 unspecified atom stereocenters. The number of amidine groups is 2. The second-order valence-corrected chi connectivity index (χ2v) is 20.5. The van der Waals surface area contributed by atoms with E-state index in [9.17, 15) is 21.0 Å². The molecule has 0 fully saturated rings. The van der Waals surface area contributed by atoms with Crippen LogP contribution in [0.1, 0.15) is 33.4 Å². The summed E-state index contributed by atoms with van der Waals surface area (Å²) in [5.41, 5.74) is 14.9. The first-order chi connectivity index (χ1) is 42.4. The van der Waals surface area contributed by atoms with Gasteiger partial charge in [-0.15, -0.1) is 0 Å². The van der Waals surface area contributed by atoms with E-state index >= 15 is 0 Å². The second-order valence-electron chi connectivity index (χ2n) is 20.5. The zero-order valence-electron chi connectivity index (χ0n) is 45.7. The van der Waals surface area contributed by atoms with Crippen LogP contribution in [0.25, 0.3) is 54.9 Å². The van der Waals surface area contributed by atoms with E-state index in [0.717, 1.165) is 100 Å². The topological polar surface area (TPSA) is 176 Å². The van der Waals surface area contributed by atoms with E-state index in [1.807, 2.05) is 218 Å². The fourth-order valence-electron chi connectivity index (χ4n) is 11.4. The maximum absolute atomic E-state index is 10.7. The number of hydrogen-bond donors (Lipinski definition) is 2. The van der Waals surface area contributed by atoms with Gasteiger partial charge >= 0.3 is 0 Å². The van der Waals surface area contributed by atoms with Crippen LogP contribution in [0.15, 0.2) is 265 Å². The molecule has 0 saturated heterocycles. The summed E-state index contributed by atoms with van der Waals surface area (Å²) < 4.78 is 0. The first-order valence-electron chi connectivity index (χ1n) is 27.7. The van der Waals surface area contributed by atoms with Crippen LogP contribution >= 0.6 is 0 Å². The molecule has 0 saturated carbocycles. The van der Waals surface area contributed by atoms with Gasteiger partial charge in [-0.3, -0.25) is 0 Å². The van der Waals surface area contributed by atoms with Gasteiger partial charge in [0, 0.05) is 90.9 Å². The highest BCUT2D eigenvalue weighted by Gasteiger charge is 2.24. The number of rotatable bonds is 12. The largest absolute Gasteiger partial charge is 0.339 e. The van der Waals surface area contributed by atoms with Crippen molar-refractivity contribution in [2.45, 2.75) is 0 Å². The molecule has 12 nitrogen and oxygen atoms in total. The predicted octanol–water partition coefficient (Wildman–Crippen LogP) is 17.8. The molecule has 400 valence electrons. The van der Waals surface area contributed by atoms with E-state index in [1.54, 1.807) is 12.4 Å². The third-order valence-corrected chi connectivity index (χ3v) is 15.5. The minimum Gasteiger partial charge on any atom is -0.339 e. The molecule has 86 heavy (non-hydrogen) atoms. The summed E-state index contributed by atoms with van der Waals surface area (Å²) in [6.07, 6.45) is 3.49. The Hall–Kier alpha value is -12.7. The number of hydrogen-bond acceptors (Lipinski definition) is 10. The smallest absolute Gasteiger partial charge is 0.172 e. The normalized spacial score (nSPS) is 13.0. The lowest BCUT2D eigenvalue weighted by Crippen LogP contribution is -2.10. The summed E-state index contributed by atoms with van der Waals surface area (Å²) in [7, 11) is 0. The molecule has 4 heterocycles. The zero-order valence-corrected chi connectivity index (χ0v) is 45.7. The molecule has 0 radical (unpaired) electrons. The van der Waals surface area contributed by atoms with E-state index < -0.39 is 0 Å². The van der Waals surface area contributed by atoms with Gasteiger partial charge in [0.2, 0.25) is 0 Å². The van der Waals surface area contributed by atoms with Gasteiger partial charge in [0.1, 0.15) is 35.9 Å². The Morgan fingerprint density at radius 2 is 0.709 bits per heavy atom. The maximum atomic E-state index is 10.7. The van der Waals surface area contributed by atoms with Crippen molar-refractivity contribution in [1.82, 2.24) is 9.97 Å². The minimum absolute atomic E-state index is 0.246. The molecule has 0 atom stereocenters. The van der Waals surface area contributed by atoms with Crippen molar-refractivity contribution in [1.29, 1.82) is 21.0 Å². The summed E-state index contributed by atoms with van der Waals surface area (Å²) in [5, 5.41) is 53.3. The number of anilines is 8. The molecule has 0 amide bonds. The lowest BCUT2D eigenvalue weighted by molar-refractivity contribution is 1.25. The van der Waals surface area contributed by atoms with Crippen LogP contribution in [0.5, 0.6) is 0 Å². The standard InChI is InChI=1S/C74H44N12/c75-41-53-39-55(45-79-71(53)83-73-63-19-7-11-51-13-9-21-67(81-73)69(51)63)47-23-31-59(32-24-47)85(57-15-3-1-4-16-57)61-35-27-49(28-36-61)65(43-77)66(44-78)50-29-37-62(38-30-50)86(58-17-5-2-6-18-58)60-33-25-48(26-34-60)56-40-54(42-76)72(80-46-56)84-74-64-20-8-12-52-14-10-22-68(82-74)70(52)64/h1-40,45-46H,(H,79,81,83)(H,80,82,84)/b66-65+. The third kappa shape index (κ3) is 9.42. The fraction of sp³-hybridized carbons (Fsp3) is 0. The lowest BCUT2D eigenvalue weighted by Gasteiger charge is -2.26. The highest BCUT2D eigenvalue weighted by Crippen LogP contribution is 2.41. The average Bonchev–Trinajstić information content (AvgIpc) is 3.63. The maximum Gasteiger partial charge on any atom is 0.172 e. The zero-order chi connectivity index (χ0) is 58.1. The van der Waals surface area contributed by atoms with E-state index in [2.05, 4.69) is 78.9 Å². The molecule has 10 aromatic carbocycles. The summed E-state index contributed by atoms with van der Waals surface area (Å²) >= 11 is 0. The number of benzene rings is 10. The van der Waals surface area contributed by atoms with Gasteiger partial charge in [-0.05, 0) is 130 Å². The van der Waals surface area contributed by atoms with Gasteiger partial charge in [-0.1, -0.05) is 146 Å². The number of nitrogens with zero attached hydrogens (tertiary/aromatic N) is 10. The quantitative estimate of drug-likeness (QED) is 0.0884. The fourth-order valence-corrected chi connectivity index (χ4v) is 11.4. The van der Waals surface area contributed by atoms with Gasteiger partial charge in [0.05, 0.1) is 22.3 Å². The molecular formula is C74H44N12. The number of nitriles is 4. The SMILES string of the molecule is N#C/C(=C(/C#N)c1ccc(N(c2ccccc2)c2ccc(-c3cnc(/N=C4\Nc5cccc6cccc4c56)c(C#N)c3)cc2)cc1)c1ccc(N(c2ccccc2)c2ccc(-c3cnc(/N=C4\Nc5cccc6cccc4c56)c(C#N)c3)cc2)cc1. The molecule has 2 aliphatic heterocycles. The van der Waals surface area contributed by atoms with Gasteiger partial charge in [0.25, 0.3) is 0 Å². The van der Waals surface area contributed by atoms with Crippen molar-refractivity contribution < 1.29 is 0 Å². The Labute approximate surface area is 495 Å². The summed E-state index contributed by atoms with van der Waals surface area (Å²) in [5.74, 6) is 1.98.